The highest BCUT2D eigenvalue weighted by Gasteiger charge is 2.32. The third-order valence-electron chi connectivity index (χ3n) is 4.65. The van der Waals surface area contributed by atoms with Gasteiger partial charge >= 0.3 is 0 Å². The number of rotatable bonds is 4. The van der Waals surface area contributed by atoms with Crippen molar-refractivity contribution in [1.82, 2.24) is 0 Å². The van der Waals surface area contributed by atoms with Crippen LogP contribution in [0.25, 0.3) is 6.08 Å². The minimum atomic E-state index is -0.362. The van der Waals surface area contributed by atoms with Crippen LogP contribution in [0.3, 0.4) is 0 Å². The van der Waals surface area contributed by atoms with Gasteiger partial charge in [0.05, 0.1) is 12.8 Å². The van der Waals surface area contributed by atoms with E-state index >= 15 is 0 Å². The first kappa shape index (κ1) is 18.6. The van der Waals surface area contributed by atoms with Crippen LogP contribution in [0.2, 0.25) is 0 Å². The number of anilines is 1. The molecule has 4 rings (SSSR count). The van der Waals surface area contributed by atoms with Gasteiger partial charge in [0.2, 0.25) is 0 Å². The number of para-hydroxylation sites is 1. The van der Waals surface area contributed by atoms with Crippen LogP contribution in [0.15, 0.2) is 83.5 Å². The molecule has 4 nitrogen and oxygen atoms in total. The zero-order chi connectivity index (χ0) is 20.4. The van der Waals surface area contributed by atoms with Crippen molar-refractivity contribution in [1.29, 1.82) is 0 Å². The van der Waals surface area contributed by atoms with Crippen LogP contribution in [0.5, 0.6) is 5.75 Å². The third-order valence-corrected chi connectivity index (χ3v) is 4.65. The van der Waals surface area contributed by atoms with E-state index in [1.54, 1.807) is 25.3 Å². The van der Waals surface area contributed by atoms with Crippen LogP contribution in [-0.2, 0) is 4.79 Å². The van der Waals surface area contributed by atoms with Gasteiger partial charge in [-0.05, 0) is 49.4 Å². The summed E-state index contributed by atoms with van der Waals surface area (Å²) < 4.78 is 18.8. The minimum absolute atomic E-state index is 0.279. The highest BCUT2D eigenvalue weighted by atomic mass is 19.1. The molecule has 0 saturated carbocycles. The van der Waals surface area contributed by atoms with Gasteiger partial charge in [0.1, 0.15) is 23.1 Å². The first-order valence-corrected chi connectivity index (χ1v) is 9.17. The highest BCUT2D eigenvalue weighted by molar-refractivity contribution is 6.33. The van der Waals surface area contributed by atoms with Crippen molar-refractivity contribution in [3.63, 3.8) is 0 Å². The number of carbonyl (C=O) groups is 1. The number of amidine groups is 1. The summed E-state index contributed by atoms with van der Waals surface area (Å²) in [7, 11) is 1.58. The number of benzene rings is 3. The standard InChI is InChI=1S/C24H19FN2O2/c1-16-6-5-8-18(14-16)23-26-21(15-17-7-3-4-9-22(17)29-2)24(28)27(23)20-12-10-19(25)11-13-20/h3-15H,1-2H3. The quantitative estimate of drug-likeness (QED) is 0.594. The van der Waals surface area contributed by atoms with Gasteiger partial charge in [-0.25, -0.2) is 9.38 Å². The van der Waals surface area contributed by atoms with Crippen molar-refractivity contribution in [2.24, 2.45) is 4.99 Å². The summed E-state index contributed by atoms with van der Waals surface area (Å²) in [5.41, 5.74) is 3.46. The van der Waals surface area contributed by atoms with E-state index < -0.39 is 0 Å². The molecule has 0 radical (unpaired) electrons. The van der Waals surface area contributed by atoms with Crippen LogP contribution in [-0.4, -0.2) is 18.9 Å². The summed E-state index contributed by atoms with van der Waals surface area (Å²) in [6.07, 6.45) is 1.71. The average Bonchev–Trinajstić information content (AvgIpc) is 3.05. The maximum absolute atomic E-state index is 13.4. The topological polar surface area (TPSA) is 41.9 Å². The normalized spacial score (nSPS) is 15.0. The molecule has 1 heterocycles. The van der Waals surface area contributed by atoms with E-state index in [-0.39, 0.29) is 17.4 Å². The fourth-order valence-corrected chi connectivity index (χ4v) is 3.26. The van der Waals surface area contributed by atoms with Crippen LogP contribution < -0.4 is 9.64 Å². The molecule has 1 aliphatic heterocycles. The molecule has 5 heteroatoms. The van der Waals surface area contributed by atoms with Crippen molar-refractivity contribution in [2.45, 2.75) is 6.92 Å². The Morgan fingerprint density at radius 1 is 1.00 bits per heavy atom. The Balaban J connectivity index is 1.85. The Kier molecular flexibility index (Phi) is 4.96. The number of halogens is 1. The Morgan fingerprint density at radius 2 is 1.76 bits per heavy atom. The number of aryl methyl sites for hydroxylation is 1. The molecule has 0 atom stereocenters. The lowest BCUT2D eigenvalue weighted by molar-refractivity contribution is -0.113. The van der Waals surface area contributed by atoms with E-state index in [2.05, 4.69) is 4.99 Å². The van der Waals surface area contributed by atoms with Gasteiger partial charge in [0.25, 0.3) is 5.91 Å². The van der Waals surface area contributed by atoms with Gasteiger partial charge < -0.3 is 4.74 Å². The number of amides is 1. The third kappa shape index (κ3) is 3.67. The monoisotopic (exact) mass is 386 g/mol. The van der Waals surface area contributed by atoms with Crippen molar-refractivity contribution in [2.75, 3.05) is 12.0 Å². The molecule has 0 bridgehead atoms. The first-order valence-electron chi connectivity index (χ1n) is 9.17. The number of nitrogens with zero attached hydrogens (tertiary/aromatic N) is 2. The van der Waals surface area contributed by atoms with E-state index in [9.17, 15) is 9.18 Å². The molecule has 1 aliphatic rings. The second-order valence-corrected chi connectivity index (χ2v) is 6.69. The van der Waals surface area contributed by atoms with E-state index in [1.165, 1.54) is 17.0 Å². The highest BCUT2D eigenvalue weighted by Crippen LogP contribution is 2.30. The molecule has 144 valence electrons. The lowest BCUT2D eigenvalue weighted by atomic mass is 10.1. The molecule has 3 aromatic rings. The SMILES string of the molecule is COc1ccccc1C=C1N=C(c2cccc(C)c2)N(c2ccc(F)cc2)C1=O. The zero-order valence-corrected chi connectivity index (χ0v) is 16.1. The molecular weight excluding hydrogens is 367 g/mol. The van der Waals surface area contributed by atoms with Crippen molar-refractivity contribution >= 4 is 23.5 Å². The maximum atomic E-state index is 13.4. The Hall–Kier alpha value is -3.73. The minimum Gasteiger partial charge on any atom is -0.496 e. The van der Waals surface area contributed by atoms with Gasteiger partial charge in [-0.15, -0.1) is 0 Å². The van der Waals surface area contributed by atoms with E-state index in [4.69, 9.17) is 4.74 Å². The molecule has 0 fully saturated rings. The number of hydrogen-bond acceptors (Lipinski definition) is 3. The summed E-state index contributed by atoms with van der Waals surface area (Å²) in [5, 5.41) is 0. The van der Waals surface area contributed by atoms with Crippen LogP contribution >= 0.6 is 0 Å². The average molecular weight is 386 g/mol. The van der Waals surface area contributed by atoms with E-state index in [1.807, 2.05) is 55.5 Å². The van der Waals surface area contributed by atoms with E-state index in [0.29, 0.717) is 17.3 Å². The molecule has 0 aromatic heterocycles. The Morgan fingerprint density at radius 3 is 2.48 bits per heavy atom. The van der Waals surface area contributed by atoms with Gasteiger partial charge in [-0.2, -0.15) is 0 Å². The molecule has 3 aromatic carbocycles. The van der Waals surface area contributed by atoms with Crippen LogP contribution in [0, 0.1) is 12.7 Å². The predicted octanol–water partition coefficient (Wildman–Crippen LogP) is 4.98. The number of hydrogen-bond donors (Lipinski definition) is 0. The molecule has 1 amide bonds. The summed E-state index contributed by atoms with van der Waals surface area (Å²) >= 11 is 0. The fraction of sp³-hybridized carbons (Fsp3) is 0.0833. The molecule has 0 spiro atoms. The second kappa shape index (κ2) is 7.72. The van der Waals surface area contributed by atoms with Crippen LogP contribution in [0.1, 0.15) is 16.7 Å². The second-order valence-electron chi connectivity index (χ2n) is 6.69. The van der Waals surface area contributed by atoms with Crippen molar-refractivity contribution in [3.8, 4) is 5.75 Å². The molecular formula is C24H19FN2O2. The molecule has 0 N–H and O–H groups in total. The van der Waals surface area contributed by atoms with Crippen molar-refractivity contribution < 1.29 is 13.9 Å². The molecule has 0 unspecified atom stereocenters. The van der Waals surface area contributed by atoms with E-state index in [0.717, 1.165) is 16.7 Å². The number of ether oxygens (including phenoxy) is 1. The number of aliphatic imine (C=N–C) groups is 1. The lowest BCUT2D eigenvalue weighted by Crippen LogP contribution is -2.32. The maximum Gasteiger partial charge on any atom is 0.282 e. The van der Waals surface area contributed by atoms with Crippen LogP contribution in [0.4, 0.5) is 10.1 Å². The Bertz CT molecular complexity index is 1130. The number of carbonyl (C=O) groups excluding carboxylic acids is 1. The number of methoxy groups -OCH3 is 1. The predicted molar refractivity (Wildman–Crippen MR) is 113 cm³/mol. The summed E-state index contributed by atoms with van der Waals surface area (Å²) in [6, 6.07) is 21.0. The molecule has 29 heavy (non-hydrogen) atoms. The largest absolute Gasteiger partial charge is 0.496 e. The first-order chi connectivity index (χ1) is 14.1. The van der Waals surface area contributed by atoms with Gasteiger partial charge in [0, 0.05) is 11.1 Å². The fourth-order valence-electron chi connectivity index (χ4n) is 3.26. The molecule has 0 aliphatic carbocycles. The van der Waals surface area contributed by atoms with Gasteiger partial charge in [-0.3, -0.25) is 9.69 Å². The Labute approximate surface area is 168 Å². The zero-order valence-electron chi connectivity index (χ0n) is 16.1. The summed E-state index contributed by atoms with van der Waals surface area (Å²) in [6.45, 7) is 1.98. The van der Waals surface area contributed by atoms with Gasteiger partial charge in [-0.1, -0.05) is 42.0 Å². The summed E-state index contributed by atoms with van der Waals surface area (Å²) in [4.78, 5) is 19.4. The lowest BCUT2D eigenvalue weighted by Gasteiger charge is -2.18. The molecule has 0 saturated heterocycles. The smallest absolute Gasteiger partial charge is 0.282 e. The summed E-state index contributed by atoms with van der Waals surface area (Å²) in [5.74, 6) is 0.519. The van der Waals surface area contributed by atoms with Crippen molar-refractivity contribution in [3.05, 3.63) is 101 Å². The van der Waals surface area contributed by atoms with Gasteiger partial charge in [0.15, 0.2) is 0 Å².